The van der Waals surface area contributed by atoms with Crippen LogP contribution in [0.2, 0.25) is 0 Å². The van der Waals surface area contributed by atoms with E-state index in [1.54, 1.807) is 19.3 Å². The van der Waals surface area contributed by atoms with E-state index >= 15 is 0 Å². The van der Waals surface area contributed by atoms with Crippen molar-refractivity contribution in [2.24, 2.45) is 0 Å². The molecule has 3 heterocycles. The fraction of sp³-hybridized carbons (Fsp3) is 0.333. The van der Waals surface area contributed by atoms with Crippen molar-refractivity contribution in [2.45, 2.75) is 19.9 Å². The summed E-state index contributed by atoms with van der Waals surface area (Å²) in [6, 6.07) is 1.92. The van der Waals surface area contributed by atoms with Crippen LogP contribution in [0.5, 0.6) is 0 Å². The number of alkyl halides is 1. The number of hydrogen-bond donors (Lipinski definition) is 0. The number of imidazole rings is 1. The number of halogens is 1. The van der Waals surface area contributed by atoms with Gasteiger partial charge in [-0.05, 0) is 6.07 Å². The van der Waals surface area contributed by atoms with E-state index in [2.05, 4.69) is 20.1 Å². The lowest BCUT2D eigenvalue weighted by molar-refractivity contribution is 0.386. The topological polar surface area (TPSA) is 69.6 Å². The van der Waals surface area contributed by atoms with Gasteiger partial charge in [0.15, 0.2) is 5.82 Å². The Morgan fingerprint density at radius 2 is 2.26 bits per heavy atom. The summed E-state index contributed by atoms with van der Waals surface area (Å²) in [6.45, 7) is 2.29. The molecule has 0 bridgehead atoms. The predicted octanol–water partition coefficient (Wildman–Crippen LogP) is 1.95. The molecule has 19 heavy (non-hydrogen) atoms. The molecule has 0 spiro atoms. The van der Waals surface area contributed by atoms with Gasteiger partial charge >= 0.3 is 0 Å². The minimum Gasteiger partial charge on any atom is -0.340 e. The molecular formula is C12H12ClN5O. The largest absolute Gasteiger partial charge is 0.340 e. The summed E-state index contributed by atoms with van der Waals surface area (Å²) in [5.74, 6) is 2.60. The van der Waals surface area contributed by atoms with Gasteiger partial charge in [-0.3, -0.25) is 4.98 Å². The minimum atomic E-state index is 0.516. The third-order valence-corrected chi connectivity index (χ3v) is 3.01. The van der Waals surface area contributed by atoms with E-state index in [0.717, 1.165) is 16.9 Å². The summed E-state index contributed by atoms with van der Waals surface area (Å²) in [5.41, 5.74) is 1.85. The average Bonchev–Trinajstić information content (AvgIpc) is 2.96. The van der Waals surface area contributed by atoms with Crippen LogP contribution in [0.25, 0.3) is 11.0 Å². The summed E-state index contributed by atoms with van der Waals surface area (Å²) < 4.78 is 7.04. The van der Waals surface area contributed by atoms with Crippen LogP contribution in [0.4, 0.5) is 0 Å². The minimum absolute atomic E-state index is 0.516. The van der Waals surface area contributed by atoms with Gasteiger partial charge in [0.25, 0.3) is 0 Å². The second-order valence-corrected chi connectivity index (χ2v) is 4.53. The second kappa shape index (κ2) is 4.97. The number of nitrogens with zero attached hydrogens (tertiary/aromatic N) is 5. The molecule has 3 aromatic rings. The quantitative estimate of drug-likeness (QED) is 0.682. The molecule has 0 N–H and O–H groups in total. The highest BCUT2D eigenvalue weighted by Gasteiger charge is 2.13. The van der Waals surface area contributed by atoms with Gasteiger partial charge in [0.1, 0.15) is 11.3 Å². The van der Waals surface area contributed by atoms with Crippen LogP contribution in [0.15, 0.2) is 23.0 Å². The Morgan fingerprint density at radius 3 is 3.00 bits per heavy atom. The summed E-state index contributed by atoms with van der Waals surface area (Å²) in [5, 5.41) is 3.92. The van der Waals surface area contributed by atoms with E-state index in [9.17, 15) is 0 Å². The molecule has 3 aromatic heterocycles. The first-order valence-electron chi connectivity index (χ1n) is 5.92. The Labute approximate surface area is 114 Å². The first-order chi connectivity index (χ1) is 9.28. The highest BCUT2D eigenvalue weighted by atomic mass is 35.5. The lowest BCUT2D eigenvalue weighted by Gasteiger charge is -2.04. The van der Waals surface area contributed by atoms with Crippen molar-refractivity contribution in [1.29, 1.82) is 0 Å². The van der Waals surface area contributed by atoms with Crippen molar-refractivity contribution in [3.63, 3.8) is 0 Å². The van der Waals surface area contributed by atoms with E-state index in [-0.39, 0.29) is 0 Å². The molecule has 0 aliphatic heterocycles. The van der Waals surface area contributed by atoms with Gasteiger partial charge in [-0.1, -0.05) is 5.16 Å². The fourth-order valence-corrected chi connectivity index (χ4v) is 2.20. The van der Waals surface area contributed by atoms with Gasteiger partial charge in [-0.15, -0.1) is 11.6 Å². The van der Waals surface area contributed by atoms with Crippen LogP contribution >= 0.6 is 11.6 Å². The fourth-order valence-electron chi connectivity index (χ4n) is 2.03. The standard InChI is InChI=1S/C12H12ClN5O/c1-8-15-11(17-19-8)7-18-10-3-5-14-6-9(10)16-12(18)2-4-13/h3,5-6H,2,4,7H2,1H3. The molecule has 3 rings (SSSR count). The van der Waals surface area contributed by atoms with Crippen LogP contribution in [0.3, 0.4) is 0 Å². The molecular weight excluding hydrogens is 266 g/mol. The Bertz CT molecular complexity index is 705. The van der Waals surface area contributed by atoms with Gasteiger partial charge in [0.2, 0.25) is 5.89 Å². The van der Waals surface area contributed by atoms with Crippen LogP contribution in [0.1, 0.15) is 17.5 Å². The van der Waals surface area contributed by atoms with Crippen molar-refractivity contribution in [3.05, 3.63) is 36.0 Å². The molecule has 0 saturated carbocycles. The molecule has 98 valence electrons. The Morgan fingerprint density at radius 1 is 1.37 bits per heavy atom. The van der Waals surface area contributed by atoms with Crippen molar-refractivity contribution in [1.82, 2.24) is 24.7 Å². The first-order valence-corrected chi connectivity index (χ1v) is 6.45. The number of rotatable bonds is 4. The zero-order valence-electron chi connectivity index (χ0n) is 10.4. The van der Waals surface area contributed by atoms with E-state index in [1.165, 1.54) is 0 Å². The van der Waals surface area contributed by atoms with Gasteiger partial charge in [-0.25, -0.2) is 4.98 Å². The van der Waals surface area contributed by atoms with E-state index in [1.807, 2.05) is 10.6 Å². The maximum Gasteiger partial charge on any atom is 0.223 e. The molecule has 7 heteroatoms. The molecule has 0 aliphatic rings. The number of hydrogen-bond acceptors (Lipinski definition) is 5. The van der Waals surface area contributed by atoms with Crippen LogP contribution in [-0.2, 0) is 13.0 Å². The Kier molecular flexibility index (Phi) is 3.16. The number of pyridine rings is 1. The summed E-state index contributed by atoms with van der Waals surface area (Å²) in [4.78, 5) is 12.8. The van der Waals surface area contributed by atoms with Crippen molar-refractivity contribution >= 4 is 22.6 Å². The second-order valence-electron chi connectivity index (χ2n) is 4.15. The van der Waals surface area contributed by atoms with Gasteiger partial charge in [-0.2, -0.15) is 4.98 Å². The maximum absolute atomic E-state index is 5.82. The molecule has 0 unspecified atom stereocenters. The maximum atomic E-state index is 5.82. The van der Waals surface area contributed by atoms with Crippen LogP contribution in [0, 0.1) is 6.92 Å². The third-order valence-electron chi connectivity index (χ3n) is 2.82. The normalized spacial score (nSPS) is 11.3. The van der Waals surface area contributed by atoms with Crippen molar-refractivity contribution < 1.29 is 4.52 Å². The van der Waals surface area contributed by atoms with Crippen molar-refractivity contribution in [3.8, 4) is 0 Å². The highest BCUT2D eigenvalue weighted by molar-refractivity contribution is 6.17. The molecule has 0 radical (unpaired) electrons. The SMILES string of the molecule is Cc1nc(Cn2c(CCCl)nc3cnccc32)no1. The molecule has 0 fully saturated rings. The molecule has 0 aromatic carbocycles. The van der Waals surface area contributed by atoms with Gasteiger partial charge in [0.05, 0.1) is 18.3 Å². The van der Waals surface area contributed by atoms with E-state index in [4.69, 9.17) is 16.1 Å². The van der Waals surface area contributed by atoms with Gasteiger partial charge < -0.3 is 9.09 Å². The molecule has 0 atom stereocenters. The summed E-state index contributed by atoms with van der Waals surface area (Å²) in [7, 11) is 0. The van der Waals surface area contributed by atoms with E-state index in [0.29, 0.717) is 30.6 Å². The Balaban J connectivity index is 2.06. The average molecular weight is 278 g/mol. The zero-order valence-corrected chi connectivity index (χ0v) is 11.1. The number of fused-ring (bicyclic) bond motifs is 1. The van der Waals surface area contributed by atoms with Crippen LogP contribution < -0.4 is 0 Å². The van der Waals surface area contributed by atoms with Crippen LogP contribution in [-0.4, -0.2) is 30.6 Å². The zero-order chi connectivity index (χ0) is 13.2. The number of aromatic nitrogens is 5. The monoisotopic (exact) mass is 277 g/mol. The van der Waals surface area contributed by atoms with Gasteiger partial charge in [0, 0.05) is 25.4 Å². The molecule has 0 amide bonds. The molecule has 6 nitrogen and oxygen atoms in total. The molecule has 0 saturated heterocycles. The van der Waals surface area contributed by atoms with E-state index < -0.39 is 0 Å². The summed E-state index contributed by atoms with van der Waals surface area (Å²) >= 11 is 5.82. The Hall–Kier alpha value is -1.95. The number of aryl methyl sites for hydroxylation is 2. The predicted molar refractivity (Wildman–Crippen MR) is 70.1 cm³/mol. The lowest BCUT2D eigenvalue weighted by atomic mass is 10.4. The highest BCUT2D eigenvalue weighted by Crippen LogP contribution is 2.17. The van der Waals surface area contributed by atoms with Crippen molar-refractivity contribution in [2.75, 3.05) is 5.88 Å². The summed E-state index contributed by atoms with van der Waals surface area (Å²) in [6.07, 6.45) is 4.17. The smallest absolute Gasteiger partial charge is 0.223 e. The first kappa shape index (κ1) is 12.1. The molecule has 0 aliphatic carbocycles. The lowest BCUT2D eigenvalue weighted by Crippen LogP contribution is -2.07. The third kappa shape index (κ3) is 2.31.